The number of hydrogen-bond donors (Lipinski definition) is 4. The third kappa shape index (κ3) is 2.66. The van der Waals surface area contributed by atoms with E-state index in [1.54, 1.807) is 0 Å². The van der Waals surface area contributed by atoms with E-state index >= 15 is 0 Å². The van der Waals surface area contributed by atoms with Crippen LogP contribution in [0.4, 0.5) is 0 Å². The number of nitrogens with two attached hydrogens (primary N) is 1. The van der Waals surface area contributed by atoms with E-state index in [9.17, 15) is 4.79 Å². The number of aliphatic hydroxyl groups excluding tert-OH is 1. The van der Waals surface area contributed by atoms with Gasteiger partial charge in [0.15, 0.2) is 5.78 Å². The Morgan fingerprint density at radius 2 is 2.40 bits per heavy atom. The van der Waals surface area contributed by atoms with Gasteiger partial charge in [0, 0.05) is 0 Å². The Balaban J connectivity index is 3.93. The smallest absolute Gasteiger partial charge is 0.166 e. The highest BCUT2D eigenvalue weighted by atomic mass is 32.1. The third-order valence-corrected chi connectivity index (χ3v) is 1.45. The summed E-state index contributed by atoms with van der Waals surface area (Å²) in [7, 11) is 0. The lowest BCUT2D eigenvalue weighted by molar-refractivity contribution is -0.121. The molecule has 0 heterocycles. The fourth-order valence-corrected chi connectivity index (χ4v) is 0.936. The first-order valence-corrected chi connectivity index (χ1v) is 3.38. The van der Waals surface area contributed by atoms with Crippen LogP contribution < -0.4 is 10.5 Å². The third-order valence-electron chi connectivity index (χ3n) is 1.17. The van der Waals surface area contributed by atoms with Crippen LogP contribution in [0.3, 0.4) is 0 Å². The molecule has 0 saturated carbocycles. The van der Waals surface area contributed by atoms with Crippen molar-refractivity contribution < 1.29 is 9.90 Å². The van der Waals surface area contributed by atoms with E-state index < -0.39 is 12.1 Å². The number of nitrogens with one attached hydrogen (secondary N) is 1. The first-order chi connectivity index (χ1) is 4.63. The number of carbonyl (C=O) groups is 1. The fraction of sp³-hybridized carbons (Fsp3) is 0.800. The minimum Gasteiger partial charge on any atom is -0.391 e. The Bertz CT molecular complexity index is 118. The zero-order valence-corrected chi connectivity index (χ0v) is 6.64. The summed E-state index contributed by atoms with van der Waals surface area (Å²) in [5.74, 6) is -0.245. The van der Waals surface area contributed by atoms with Crippen molar-refractivity contribution in [3.8, 4) is 0 Å². The Hall–Kier alpha value is -0.100. The van der Waals surface area contributed by atoms with Crippen molar-refractivity contribution in [2.75, 3.05) is 6.54 Å². The number of hydrogen-bond acceptors (Lipinski definition) is 5. The molecule has 0 bridgehead atoms. The molecule has 60 valence electrons. The molecule has 0 fully saturated rings. The quantitative estimate of drug-likeness (QED) is 0.389. The van der Waals surface area contributed by atoms with E-state index in [1.165, 1.54) is 6.92 Å². The number of Topliss-reactive ketones (excluding diaryl/α,β-unsaturated/α-hetero) is 1. The van der Waals surface area contributed by atoms with Gasteiger partial charge < -0.3 is 10.8 Å². The second kappa shape index (κ2) is 4.68. The van der Waals surface area contributed by atoms with Crippen LogP contribution in [0.5, 0.6) is 0 Å². The molecule has 0 radical (unpaired) electrons. The summed E-state index contributed by atoms with van der Waals surface area (Å²) in [6, 6.07) is -0.659. The highest BCUT2D eigenvalue weighted by molar-refractivity contribution is 7.78. The average molecular weight is 164 g/mol. The van der Waals surface area contributed by atoms with Crippen LogP contribution >= 0.6 is 12.8 Å². The molecule has 2 unspecified atom stereocenters. The number of aliphatic hydroxyl groups is 1. The van der Waals surface area contributed by atoms with Gasteiger partial charge in [-0.3, -0.25) is 9.52 Å². The molecule has 0 aromatic carbocycles. The van der Waals surface area contributed by atoms with Crippen molar-refractivity contribution >= 4 is 18.6 Å². The molecule has 0 aliphatic rings. The van der Waals surface area contributed by atoms with Crippen molar-refractivity contribution in [3.05, 3.63) is 0 Å². The van der Waals surface area contributed by atoms with Crippen LogP contribution in [-0.4, -0.2) is 29.6 Å². The normalized spacial score (nSPS) is 16.4. The van der Waals surface area contributed by atoms with Crippen LogP contribution in [0, 0.1) is 0 Å². The molecule has 0 amide bonds. The van der Waals surface area contributed by atoms with Crippen LogP contribution in [0.1, 0.15) is 6.92 Å². The van der Waals surface area contributed by atoms with Crippen LogP contribution in [0.2, 0.25) is 0 Å². The summed E-state index contributed by atoms with van der Waals surface area (Å²) in [5.41, 5.74) is 5.05. The van der Waals surface area contributed by atoms with Gasteiger partial charge in [-0.2, -0.15) is 0 Å². The van der Waals surface area contributed by atoms with Gasteiger partial charge in [0.2, 0.25) is 0 Å². The van der Waals surface area contributed by atoms with Gasteiger partial charge in [-0.1, -0.05) is 12.8 Å². The second-order valence-corrected chi connectivity index (χ2v) is 2.28. The van der Waals surface area contributed by atoms with E-state index in [4.69, 9.17) is 10.8 Å². The Morgan fingerprint density at radius 3 is 2.50 bits per heavy atom. The van der Waals surface area contributed by atoms with Crippen LogP contribution in [0.25, 0.3) is 0 Å². The molecule has 5 heteroatoms. The zero-order chi connectivity index (χ0) is 8.15. The summed E-state index contributed by atoms with van der Waals surface area (Å²) >= 11 is 3.66. The first-order valence-electron chi connectivity index (χ1n) is 2.94. The first kappa shape index (κ1) is 9.90. The monoisotopic (exact) mass is 164 g/mol. The van der Waals surface area contributed by atoms with Gasteiger partial charge in [-0.05, 0) is 6.92 Å². The second-order valence-electron chi connectivity index (χ2n) is 2.02. The maximum atomic E-state index is 10.8. The Morgan fingerprint density at radius 1 is 1.90 bits per heavy atom. The summed E-state index contributed by atoms with van der Waals surface area (Å²) in [6.45, 7) is 1.42. The summed E-state index contributed by atoms with van der Waals surface area (Å²) < 4.78 is 2.37. The van der Waals surface area contributed by atoms with E-state index in [1.807, 2.05) is 0 Å². The van der Waals surface area contributed by atoms with Crippen LogP contribution in [0.15, 0.2) is 0 Å². The zero-order valence-electron chi connectivity index (χ0n) is 5.74. The van der Waals surface area contributed by atoms with E-state index in [0.29, 0.717) is 0 Å². The van der Waals surface area contributed by atoms with E-state index in [0.717, 1.165) is 0 Å². The molecule has 0 spiro atoms. The summed E-state index contributed by atoms with van der Waals surface area (Å²) in [5, 5.41) is 8.93. The minimum atomic E-state index is -0.756. The lowest BCUT2D eigenvalue weighted by atomic mass is 10.1. The molecule has 0 aliphatic heterocycles. The van der Waals surface area contributed by atoms with Gasteiger partial charge in [0.1, 0.15) is 6.04 Å². The van der Waals surface area contributed by atoms with Crippen LogP contribution in [-0.2, 0) is 4.79 Å². The molecule has 0 aromatic heterocycles. The molecule has 4 N–H and O–H groups in total. The molecule has 0 aliphatic carbocycles. The minimum absolute atomic E-state index is 0.0802. The number of carbonyl (C=O) groups excluding carboxylic acids is 1. The number of ketones is 1. The summed E-state index contributed by atoms with van der Waals surface area (Å²) in [6.07, 6.45) is -0.756. The van der Waals surface area contributed by atoms with Crippen molar-refractivity contribution in [1.29, 1.82) is 0 Å². The Labute approximate surface area is 65.3 Å². The largest absolute Gasteiger partial charge is 0.391 e. The molecule has 2 atom stereocenters. The predicted molar refractivity (Wildman–Crippen MR) is 41.7 cm³/mol. The fourth-order valence-electron chi connectivity index (χ4n) is 0.576. The van der Waals surface area contributed by atoms with Crippen molar-refractivity contribution in [2.45, 2.75) is 19.1 Å². The molecular weight excluding hydrogens is 152 g/mol. The van der Waals surface area contributed by atoms with Gasteiger partial charge in [-0.25, -0.2) is 0 Å². The summed E-state index contributed by atoms with van der Waals surface area (Å²) in [4.78, 5) is 10.8. The van der Waals surface area contributed by atoms with Crippen molar-refractivity contribution in [1.82, 2.24) is 4.72 Å². The SMILES string of the molecule is CC(O)C(NS)C(=O)CN. The van der Waals surface area contributed by atoms with Crippen molar-refractivity contribution in [3.63, 3.8) is 0 Å². The Kier molecular flexibility index (Phi) is 4.63. The topological polar surface area (TPSA) is 75.3 Å². The maximum Gasteiger partial charge on any atom is 0.166 e. The predicted octanol–water partition coefficient (Wildman–Crippen LogP) is -1.30. The molecule has 4 nitrogen and oxygen atoms in total. The van der Waals surface area contributed by atoms with E-state index in [2.05, 4.69) is 17.5 Å². The van der Waals surface area contributed by atoms with E-state index in [-0.39, 0.29) is 12.3 Å². The van der Waals surface area contributed by atoms with Crippen molar-refractivity contribution in [2.24, 2.45) is 5.73 Å². The standard InChI is InChI=1S/C5H12N2O2S/c1-3(8)5(7-10)4(9)2-6/h3,5,7-8,10H,2,6H2,1H3. The average Bonchev–Trinajstić information content (AvgIpc) is 1.88. The highest BCUT2D eigenvalue weighted by Gasteiger charge is 2.19. The lowest BCUT2D eigenvalue weighted by Crippen LogP contribution is -2.43. The lowest BCUT2D eigenvalue weighted by Gasteiger charge is -2.15. The van der Waals surface area contributed by atoms with Gasteiger partial charge in [0.25, 0.3) is 0 Å². The molecule has 0 rings (SSSR count). The van der Waals surface area contributed by atoms with Gasteiger partial charge >= 0.3 is 0 Å². The molecular formula is C5H12N2O2S. The molecule has 0 saturated heterocycles. The maximum absolute atomic E-state index is 10.8. The molecule has 0 aromatic rings. The number of rotatable bonds is 4. The highest BCUT2D eigenvalue weighted by Crippen LogP contribution is 1.94. The number of thiol groups is 1. The van der Waals surface area contributed by atoms with Gasteiger partial charge in [-0.15, -0.1) is 0 Å². The molecule has 10 heavy (non-hydrogen) atoms. The van der Waals surface area contributed by atoms with Gasteiger partial charge in [0.05, 0.1) is 12.6 Å².